The molecule has 1 aromatic carbocycles. The van der Waals surface area contributed by atoms with E-state index in [1.54, 1.807) is 0 Å². The summed E-state index contributed by atoms with van der Waals surface area (Å²) in [6, 6.07) is 10.5. The fourth-order valence-corrected chi connectivity index (χ4v) is 3.99. The number of aryl methyl sites for hydroxylation is 1. The standard InChI is InChI=1S/C22H28N6/c1-26(2)22-23-13-20(18-8-5-4-6-9-18)21(25-22)19-10-7-11-28(16-19)15-17-12-24-27(3)14-17/h4-6,8-9,12-14,19H,7,10-11,15-16H2,1-3H3. The highest BCUT2D eigenvalue weighted by Crippen LogP contribution is 2.34. The summed E-state index contributed by atoms with van der Waals surface area (Å²) < 4.78 is 1.87. The van der Waals surface area contributed by atoms with E-state index >= 15 is 0 Å². The van der Waals surface area contributed by atoms with Crippen molar-refractivity contribution in [2.45, 2.75) is 25.3 Å². The van der Waals surface area contributed by atoms with Gasteiger partial charge < -0.3 is 4.90 Å². The molecule has 0 spiro atoms. The molecule has 1 aliphatic heterocycles. The lowest BCUT2D eigenvalue weighted by molar-refractivity contribution is 0.198. The van der Waals surface area contributed by atoms with Crippen LogP contribution in [-0.2, 0) is 13.6 Å². The van der Waals surface area contributed by atoms with Crippen LogP contribution in [0.2, 0.25) is 0 Å². The van der Waals surface area contributed by atoms with E-state index in [9.17, 15) is 0 Å². The molecule has 4 rings (SSSR count). The molecule has 1 saturated heterocycles. The van der Waals surface area contributed by atoms with Gasteiger partial charge in [-0.15, -0.1) is 0 Å². The van der Waals surface area contributed by atoms with Gasteiger partial charge >= 0.3 is 0 Å². The predicted molar refractivity (Wildman–Crippen MR) is 112 cm³/mol. The second-order valence-electron chi connectivity index (χ2n) is 7.83. The Morgan fingerprint density at radius 2 is 1.96 bits per heavy atom. The fraction of sp³-hybridized carbons (Fsp3) is 0.409. The van der Waals surface area contributed by atoms with Gasteiger partial charge in [0.15, 0.2) is 0 Å². The molecule has 0 bridgehead atoms. The van der Waals surface area contributed by atoms with Crippen molar-refractivity contribution in [3.05, 3.63) is 60.2 Å². The lowest BCUT2D eigenvalue weighted by Crippen LogP contribution is -2.34. The van der Waals surface area contributed by atoms with Crippen LogP contribution in [0.5, 0.6) is 0 Å². The van der Waals surface area contributed by atoms with E-state index in [4.69, 9.17) is 4.98 Å². The first-order chi connectivity index (χ1) is 13.6. The van der Waals surface area contributed by atoms with Crippen molar-refractivity contribution in [2.75, 3.05) is 32.1 Å². The number of hydrogen-bond donors (Lipinski definition) is 0. The van der Waals surface area contributed by atoms with E-state index in [0.717, 1.165) is 37.6 Å². The lowest BCUT2D eigenvalue weighted by atomic mass is 9.90. The maximum atomic E-state index is 4.99. The molecule has 1 fully saturated rings. The van der Waals surface area contributed by atoms with Gasteiger partial charge in [0.25, 0.3) is 0 Å². The summed E-state index contributed by atoms with van der Waals surface area (Å²) in [6.45, 7) is 3.08. The molecule has 0 amide bonds. The van der Waals surface area contributed by atoms with Crippen molar-refractivity contribution in [2.24, 2.45) is 7.05 Å². The molecule has 1 unspecified atom stereocenters. The van der Waals surface area contributed by atoms with Gasteiger partial charge in [0.2, 0.25) is 5.95 Å². The molecule has 146 valence electrons. The monoisotopic (exact) mass is 376 g/mol. The highest BCUT2D eigenvalue weighted by Gasteiger charge is 2.26. The van der Waals surface area contributed by atoms with Gasteiger partial charge in [-0.2, -0.15) is 5.10 Å². The molecule has 6 heteroatoms. The zero-order valence-corrected chi connectivity index (χ0v) is 16.9. The number of hydrogen-bond acceptors (Lipinski definition) is 5. The summed E-state index contributed by atoms with van der Waals surface area (Å²) in [6.07, 6.45) is 8.41. The summed E-state index contributed by atoms with van der Waals surface area (Å²) in [5.41, 5.74) is 4.77. The summed E-state index contributed by atoms with van der Waals surface area (Å²) in [4.78, 5) is 14.1. The number of piperidine rings is 1. The van der Waals surface area contributed by atoms with Crippen LogP contribution in [0.15, 0.2) is 48.9 Å². The third kappa shape index (κ3) is 4.07. The molecule has 0 radical (unpaired) electrons. The molecule has 3 heterocycles. The van der Waals surface area contributed by atoms with Crippen molar-refractivity contribution in [3.8, 4) is 11.1 Å². The second kappa shape index (κ2) is 8.10. The van der Waals surface area contributed by atoms with Gasteiger partial charge in [-0.1, -0.05) is 30.3 Å². The second-order valence-corrected chi connectivity index (χ2v) is 7.83. The van der Waals surface area contributed by atoms with Crippen LogP contribution in [-0.4, -0.2) is 51.8 Å². The Balaban J connectivity index is 1.63. The zero-order valence-electron chi connectivity index (χ0n) is 16.9. The number of likely N-dealkylation sites (tertiary alicyclic amines) is 1. The topological polar surface area (TPSA) is 50.1 Å². The van der Waals surface area contributed by atoms with Crippen LogP contribution in [0.1, 0.15) is 30.0 Å². The first-order valence-electron chi connectivity index (χ1n) is 9.89. The number of anilines is 1. The minimum absolute atomic E-state index is 0.405. The van der Waals surface area contributed by atoms with Crippen molar-refractivity contribution in [1.29, 1.82) is 0 Å². The Hall–Kier alpha value is -2.73. The molecule has 28 heavy (non-hydrogen) atoms. The molecular formula is C22H28N6. The molecule has 1 atom stereocenters. The summed E-state index contributed by atoms with van der Waals surface area (Å²) in [7, 11) is 5.96. The Morgan fingerprint density at radius 3 is 2.68 bits per heavy atom. The van der Waals surface area contributed by atoms with E-state index in [0.29, 0.717) is 5.92 Å². The molecule has 6 nitrogen and oxygen atoms in total. The normalized spacial score (nSPS) is 17.6. The van der Waals surface area contributed by atoms with Crippen LogP contribution in [0, 0.1) is 0 Å². The van der Waals surface area contributed by atoms with Crippen LogP contribution < -0.4 is 4.90 Å². The highest BCUT2D eigenvalue weighted by atomic mass is 15.2. The van der Waals surface area contributed by atoms with Crippen molar-refractivity contribution < 1.29 is 0 Å². The van der Waals surface area contributed by atoms with E-state index in [2.05, 4.69) is 51.5 Å². The third-order valence-electron chi connectivity index (χ3n) is 5.35. The van der Waals surface area contributed by atoms with Gasteiger partial charge in [-0.3, -0.25) is 9.58 Å². The Bertz CT molecular complexity index is 918. The lowest BCUT2D eigenvalue weighted by Gasteiger charge is -2.33. The minimum Gasteiger partial charge on any atom is -0.347 e. The molecule has 2 aromatic heterocycles. The molecular weight excluding hydrogens is 348 g/mol. The minimum atomic E-state index is 0.405. The van der Waals surface area contributed by atoms with Gasteiger partial charge in [0.1, 0.15) is 0 Å². The number of benzene rings is 1. The first-order valence-corrected chi connectivity index (χ1v) is 9.89. The van der Waals surface area contributed by atoms with Crippen LogP contribution in [0.4, 0.5) is 5.95 Å². The molecule has 0 N–H and O–H groups in total. The Kier molecular flexibility index (Phi) is 5.39. The third-order valence-corrected chi connectivity index (χ3v) is 5.35. The Morgan fingerprint density at radius 1 is 1.14 bits per heavy atom. The number of rotatable bonds is 5. The van der Waals surface area contributed by atoms with Gasteiger partial charge in [0.05, 0.1) is 11.9 Å². The summed E-state index contributed by atoms with van der Waals surface area (Å²) >= 11 is 0. The maximum absolute atomic E-state index is 4.99. The number of nitrogens with zero attached hydrogens (tertiary/aromatic N) is 6. The summed E-state index contributed by atoms with van der Waals surface area (Å²) in [5.74, 6) is 1.18. The van der Waals surface area contributed by atoms with Crippen LogP contribution >= 0.6 is 0 Å². The molecule has 3 aromatic rings. The van der Waals surface area contributed by atoms with Gasteiger partial charge in [0, 0.05) is 63.7 Å². The Labute approximate surface area is 166 Å². The predicted octanol–water partition coefficient (Wildman–Crippen LogP) is 3.32. The van der Waals surface area contributed by atoms with Crippen molar-refractivity contribution in [3.63, 3.8) is 0 Å². The first kappa shape index (κ1) is 18.6. The molecule has 1 aliphatic rings. The largest absolute Gasteiger partial charge is 0.347 e. The SMILES string of the molecule is CN(C)c1ncc(-c2ccccc2)c(C2CCCN(Cc3cnn(C)c3)C2)n1. The molecule has 0 aliphatic carbocycles. The maximum Gasteiger partial charge on any atom is 0.225 e. The van der Waals surface area contributed by atoms with E-state index in [1.807, 2.05) is 43.1 Å². The summed E-state index contributed by atoms with van der Waals surface area (Å²) in [5, 5.41) is 4.31. The highest BCUT2D eigenvalue weighted by molar-refractivity contribution is 5.66. The van der Waals surface area contributed by atoms with E-state index in [-0.39, 0.29) is 0 Å². The zero-order chi connectivity index (χ0) is 19.5. The van der Waals surface area contributed by atoms with E-state index in [1.165, 1.54) is 23.2 Å². The fourth-order valence-electron chi connectivity index (χ4n) is 3.99. The average Bonchev–Trinajstić information content (AvgIpc) is 3.13. The van der Waals surface area contributed by atoms with Gasteiger partial charge in [-0.05, 0) is 24.9 Å². The smallest absolute Gasteiger partial charge is 0.225 e. The van der Waals surface area contributed by atoms with Crippen LogP contribution in [0.3, 0.4) is 0 Å². The number of aromatic nitrogens is 4. The quantitative estimate of drug-likeness (QED) is 0.684. The van der Waals surface area contributed by atoms with Crippen molar-refractivity contribution in [1.82, 2.24) is 24.6 Å². The van der Waals surface area contributed by atoms with Crippen LogP contribution in [0.25, 0.3) is 11.1 Å². The van der Waals surface area contributed by atoms with Gasteiger partial charge in [-0.25, -0.2) is 9.97 Å². The van der Waals surface area contributed by atoms with E-state index < -0.39 is 0 Å². The molecule has 0 saturated carbocycles. The van der Waals surface area contributed by atoms with Crippen molar-refractivity contribution >= 4 is 5.95 Å². The average molecular weight is 377 g/mol.